The molecule has 1 aromatic carbocycles. The molecule has 1 fully saturated rings. The van der Waals surface area contributed by atoms with E-state index < -0.39 is 0 Å². The molecule has 5 heteroatoms. The third-order valence-electron chi connectivity index (χ3n) is 3.46. The molecule has 1 aromatic heterocycles. The van der Waals surface area contributed by atoms with Gasteiger partial charge in [-0.15, -0.1) is 0 Å². The van der Waals surface area contributed by atoms with E-state index in [1.807, 2.05) is 18.2 Å². The molecule has 0 saturated carbocycles. The second-order valence-corrected chi connectivity index (χ2v) is 4.82. The molecule has 102 valence electrons. The average molecular weight is 261 g/mol. The minimum atomic E-state index is 0.100. The number of nitrogens with zero attached hydrogens (tertiary/aromatic N) is 2. The molecule has 0 bridgehead atoms. The number of aliphatic hydroxyl groups is 1. The molecule has 19 heavy (non-hydrogen) atoms. The predicted octanol–water partition coefficient (Wildman–Crippen LogP) is 1.62. The lowest BCUT2D eigenvalue weighted by atomic mass is 10.2. The SMILES string of the molecule is OCCNc1nc2ccccc2n1C[C@@H]1CCCO1. The molecular weight excluding hydrogens is 242 g/mol. The van der Waals surface area contributed by atoms with Crippen molar-refractivity contribution in [2.24, 2.45) is 0 Å². The number of imidazole rings is 1. The first-order chi connectivity index (χ1) is 9.38. The lowest BCUT2D eigenvalue weighted by molar-refractivity contribution is 0.0983. The number of rotatable bonds is 5. The maximum atomic E-state index is 8.95. The van der Waals surface area contributed by atoms with E-state index in [4.69, 9.17) is 9.84 Å². The standard InChI is InChI=1S/C14H19N3O2/c18-8-7-15-14-16-12-5-1-2-6-13(12)17(14)10-11-4-3-9-19-11/h1-2,5-6,11,18H,3-4,7-10H2,(H,15,16)/t11-/m0/s1. The molecule has 1 aliphatic heterocycles. The Bertz CT molecular complexity index is 547. The van der Waals surface area contributed by atoms with Gasteiger partial charge in [0.05, 0.1) is 30.3 Å². The summed E-state index contributed by atoms with van der Waals surface area (Å²) in [4.78, 5) is 4.58. The number of aliphatic hydroxyl groups excluding tert-OH is 1. The smallest absolute Gasteiger partial charge is 0.204 e. The van der Waals surface area contributed by atoms with Crippen molar-refractivity contribution in [1.82, 2.24) is 9.55 Å². The zero-order chi connectivity index (χ0) is 13.1. The fraction of sp³-hybridized carbons (Fsp3) is 0.500. The molecule has 3 rings (SSSR count). The molecule has 1 saturated heterocycles. The molecule has 5 nitrogen and oxygen atoms in total. The first-order valence-electron chi connectivity index (χ1n) is 6.80. The monoisotopic (exact) mass is 261 g/mol. The van der Waals surface area contributed by atoms with E-state index in [0.717, 1.165) is 43.0 Å². The summed E-state index contributed by atoms with van der Waals surface area (Å²) in [5.74, 6) is 0.811. The van der Waals surface area contributed by atoms with E-state index in [0.29, 0.717) is 6.54 Å². The zero-order valence-corrected chi connectivity index (χ0v) is 10.9. The van der Waals surface area contributed by atoms with Crippen LogP contribution < -0.4 is 5.32 Å². The summed E-state index contributed by atoms with van der Waals surface area (Å²) in [7, 11) is 0. The number of benzene rings is 1. The largest absolute Gasteiger partial charge is 0.395 e. The topological polar surface area (TPSA) is 59.3 Å². The lowest BCUT2D eigenvalue weighted by Gasteiger charge is -2.14. The average Bonchev–Trinajstić information content (AvgIpc) is 3.06. The highest BCUT2D eigenvalue weighted by molar-refractivity contribution is 5.78. The van der Waals surface area contributed by atoms with Crippen LogP contribution in [0, 0.1) is 0 Å². The number of hydrogen-bond acceptors (Lipinski definition) is 4. The molecule has 2 aromatic rings. The van der Waals surface area contributed by atoms with E-state index in [9.17, 15) is 0 Å². The fourth-order valence-electron chi connectivity index (χ4n) is 2.55. The number of aromatic nitrogens is 2. The van der Waals surface area contributed by atoms with Crippen LogP contribution >= 0.6 is 0 Å². The van der Waals surface area contributed by atoms with Crippen molar-refractivity contribution in [3.63, 3.8) is 0 Å². The summed E-state index contributed by atoms with van der Waals surface area (Å²) >= 11 is 0. The number of nitrogens with one attached hydrogen (secondary N) is 1. The van der Waals surface area contributed by atoms with Gasteiger partial charge in [-0.3, -0.25) is 0 Å². The van der Waals surface area contributed by atoms with Crippen LogP contribution in [0.3, 0.4) is 0 Å². The van der Waals surface area contributed by atoms with Gasteiger partial charge in [0, 0.05) is 13.2 Å². The minimum Gasteiger partial charge on any atom is -0.395 e. The maximum absolute atomic E-state index is 8.95. The summed E-state index contributed by atoms with van der Waals surface area (Å²) in [6.07, 6.45) is 2.51. The molecule has 0 radical (unpaired) electrons. The lowest BCUT2D eigenvalue weighted by Crippen LogP contribution is -2.18. The van der Waals surface area contributed by atoms with Crippen molar-refractivity contribution in [1.29, 1.82) is 0 Å². The Morgan fingerprint density at radius 2 is 2.32 bits per heavy atom. The Kier molecular flexibility index (Phi) is 3.66. The summed E-state index contributed by atoms with van der Waals surface area (Å²) in [5.41, 5.74) is 2.08. The van der Waals surface area contributed by atoms with Crippen molar-refractivity contribution in [3.8, 4) is 0 Å². The minimum absolute atomic E-state index is 0.100. The van der Waals surface area contributed by atoms with Crippen LogP contribution in [0.25, 0.3) is 11.0 Å². The Labute approximate surface area is 112 Å². The van der Waals surface area contributed by atoms with Crippen molar-refractivity contribution < 1.29 is 9.84 Å². The van der Waals surface area contributed by atoms with Gasteiger partial charge in [-0.2, -0.15) is 0 Å². The number of anilines is 1. The van der Waals surface area contributed by atoms with Gasteiger partial charge in [-0.1, -0.05) is 12.1 Å². The van der Waals surface area contributed by atoms with Crippen LogP contribution in [-0.4, -0.2) is 40.5 Å². The number of fused-ring (bicyclic) bond motifs is 1. The first-order valence-corrected chi connectivity index (χ1v) is 6.80. The molecule has 1 aliphatic rings. The molecule has 2 N–H and O–H groups in total. The molecular formula is C14H19N3O2. The van der Waals surface area contributed by atoms with Crippen molar-refractivity contribution >= 4 is 17.0 Å². The fourth-order valence-corrected chi connectivity index (χ4v) is 2.55. The zero-order valence-electron chi connectivity index (χ0n) is 10.9. The van der Waals surface area contributed by atoms with Crippen LogP contribution in [0.1, 0.15) is 12.8 Å². The molecule has 1 atom stereocenters. The second kappa shape index (κ2) is 5.59. The van der Waals surface area contributed by atoms with Crippen LogP contribution in [0.2, 0.25) is 0 Å². The summed E-state index contributed by atoms with van der Waals surface area (Å²) in [6.45, 7) is 2.28. The molecule has 0 spiro atoms. The highest BCUT2D eigenvalue weighted by atomic mass is 16.5. The first kappa shape index (κ1) is 12.4. The van der Waals surface area contributed by atoms with Crippen molar-refractivity contribution in [3.05, 3.63) is 24.3 Å². The highest BCUT2D eigenvalue weighted by Crippen LogP contribution is 2.23. The van der Waals surface area contributed by atoms with Crippen molar-refractivity contribution in [2.75, 3.05) is 25.1 Å². The number of hydrogen-bond donors (Lipinski definition) is 2. The molecule has 0 amide bonds. The van der Waals surface area contributed by atoms with Gasteiger partial charge in [0.25, 0.3) is 0 Å². The maximum Gasteiger partial charge on any atom is 0.204 e. The van der Waals surface area contributed by atoms with Crippen LogP contribution in [0.15, 0.2) is 24.3 Å². The van der Waals surface area contributed by atoms with Crippen molar-refractivity contribution in [2.45, 2.75) is 25.5 Å². The van der Waals surface area contributed by atoms with Gasteiger partial charge >= 0.3 is 0 Å². The van der Waals surface area contributed by atoms with Gasteiger partial charge in [-0.05, 0) is 25.0 Å². The van der Waals surface area contributed by atoms with E-state index in [1.165, 1.54) is 0 Å². The van der Waals surface area contributed by atoms with Crippen LogP contribution in [-0.2, 0) is 11.3 Å². The predicted molar refractivity (Wildman–Crippen MR) is 74.3 cm³/mol. The molecule has 0 unspecified atom stereocenters. The quantitative estimate of drug-likeness (QED) is 0.858. The summed E-state index contributed by atoms with van der Waals surface area (Å²) < 4.78 is 7.86. The normalized spacial score (nSPS) is 19.1. The highest BCUT2D eigenvalue weighted by Gasteiger charge is 2.19. The van der Waals surface area contributed by atoms with Gasteiger partial charge in [-0.25, -0.2) is 4.98 Å². The van der Waals surface area contributed by atoms with E-state index in [1.54, 1.807) is 0 Å². The second-order valence-electron chi connectivity index (χ2n) is 4.82. The van der Waals surface area contributed by atoms with Crippen LogP contribution in [0.4, 0.5) is 5.95 Å². The third kappa shape index (κ3) is 2.57. The van der Waals surface area contributed by atoms with E-state index >= 15 is 0 Å². The van der Waals surface area contributed by atoms with Crippen LogP contribution in [0.5, 0.6) is 0 Å². The Balaban J connectivity index is 1.92. The van der Waals surface area contributed by atoms with Gasteiger partial charge in [0.1, 0.15) is 0 Å². The Morgan fingerprint density at radius 3 is 3.11 bits per heavy atom. The van der Waals surface area contributed by atoms with Gasteiger partial charge < -0.3 is 19.7 Å². The number of ether oxygens (including phenoxy) is 1. The molecule has 0 aliphatic carbocycles. The Morgan fingerprint density at radius 1 is 1.42 bits per heavy atom. The summed E-state index contributed by atoms with van der Waals surface area (Å²) in [5, 5.41) is 12.1. The van der Waals surface area contributed by atoms with Gasteiger partial charge in [0.15, 0.2) is 0 Å². The Hall–Kier alpha value is -1.59. The summed E-state index contributed by atoms with van der Waals surface area (Å²) in [6, 6.07) is 8.08. The number of para-hydroxylation sites is 2. The van der Waals surface area contributed by atoms with E-state index in [-0.39, 0.29) is 12.7 Å². The van der Waals surface area contributed by atoms with E-state index in [2.05, 4.69) is 20.9 Å². The molecule has 2 heterocycles. The van der Waals surface area contributed by atoms with Gasteiger partial charge in [0.2, 0.25) is 5.95 Å². The third-order valence-corrected chi connectivity index (χ3v) is 3.46.